The van der Waals surface area contributed by atoms with Crippen LogP contribution in [0.3, 0.4) is 0 Å². The lowest BCUT2D eigenvalue weighted by Crippen LogP contribution is -2.10. The average Bonchev–Trinajstić information content (AvgIpc) is 2.92. The van der Waals surface area contributed by atoms with Gasteiger partial charge in [-0.25, -0.2) is 4.98 Å². The molecule has 2 N–H and O–H groups in total. The Bertz CT molecular complexity index is 645. The Morgan fingerprint density at radius 3 is 3.11 bits per heavy atom. The molecular formula is C14H16N4O. The zero-order chi connectivity index (χ0) is 13.4. The van der Waals surface area contributed by atoms with E-state index in [2.05, 4.69) is 26.3 Å². The first-order chi connectivity index (χ1) is 9.19. The highest BCUT2D eigenvalue weighted by Gasteiger charge is 2.18. The first kappa shape index (κ1) is 11.9. The number of aromatic nitrogens is 2. The van der Waals surface area contributed by atoms with Crippen molar-refractivity contribution in [3.05, 3.63) is 35.8 Å². The number of nitrogens with zero attached hydrogens (tertiary/aromatic N) is 2. The Balaban J connectivity index is 1.99. The van der Waals surface area contributed by atoms with Gasteiger partial charge in [-0.1, -0.05) is 6.07 Å². The maximum atomic E-state index is 11.4. The molecule has 5 nitrogen and oxygen atoms in total. The second-order valence-electron chi connectivity index (χ2n) is 4.75. The van der Waals surface area contributed by atoms with Crippen molar-refractivity contribution in [2.45, 2.75) is 13.0 Å². The van der Waals surface area contributed by atoms with Gasteiger partial charge in [0.05, 0.1) is 24.9 Å². The molecule has 5 heteroatoms. The minimum atomic E-state index is 0.0630. The molecular weight excluding hydrogens is 240 g/mol. The smallest absolute Gasteiger partial charge is 0.228 e. The highest BCUT2D eigenvalue weighted by Crippen LogP contribution is 2.29. The van der Waals surface area contributed by atoms with Crippen LogP contribution in [0.1, 0.15) is 11.4 Å². The fourth-order valence-electron chi connectivity index (χ4n) is 2.43. The Kier molecular flexibility index (Phi) is 2.83. The standard InChI is InChI=1S/C14H16N4O/c1-15-8-13-16-7-12(18(13)2)9-3-4-11-10(5-9)6-14(19)17-11/h3-5,7,15H,6,8H2,1-2H3,(H,17,19). The molecule has 0 bridgehead atoms. The number of imidazole rings is 1. The molecule has 0 saturated heterocycles. The molecule has 98 valence electrons. The number of amides is 1. The van der Waals surface area contributed by atoms with Gasteiger partial charge in [0.25, 0.3) is 0 Å². The van der Waals surface area contributed by atoms with Crippen LogP contribution in [0.4, 0.5) is 5.69 Å². The third-order valence-electron chi connectivity index (χ3n) is 3.45. The molecule has 0 atom stereocenters. The SMILES string of the molecule is CNCc1ncc(-c2ccc3c(c2)CC(=O)N3)n1C. The van der Waals surface area contributed by atoms with Crippen LogP contribution in [-0.4, -0.2) is 22.5 Å². The second kappa shape index (κ2) is 4.51. The fraction of sp³-hybridized carbons (Fsp3) is 0.286. The molecule has 2 aromatic rings. The van der Waals surface area contributed by atoms with Crippen molar-refractivity contribution in [3.8, 4) is 11.3 Å². The molecule has 1 aromatic carbocycles. The molecule has 19 heavy (non-hydrogen) atoms. The van der Waals surface area contributed by atoms with E-state index in [4.69, 9.17) is 0 Å². The van der Waals surface area contributed by atoms with Gasteiger partial charge >= 0.3 is 0 Å². The van der Waals surface area contributed by atoms with Crippen LogP contribution < -0.4 is 10.6 Å². The molecule has 1 aliphatic heterocycles. The Hall–Kier alpha value is -2.14. The third kappa shape index (κ3) is 2.02. The van der Waals surface area contributed by atoms with Crippen LogP contribution in [0.2, 0.25) is 0 Å². The summed E-state index contributed by atoms with van der Waals surface area (Å²) >= 11 is 0. The number of fused-ring (bicyclic) bond motifs is 1. The van der Waals surface area contributed by atoms with Crippen LogP contribution in [0.5, 0.6) is 0 Å². The van der Waals surface area contributed by atoms with Crippen LogP contribution >= 0.6 is 0 Å². The van der Waals surface area contributed by atoms with Gasteiger partial charge in [0.15, 0.2) is 0 Å². The average molecular weight is 256 g/mol. The van der Waals surface area contributed by atoms with Gasteiger partial charge in [-0.2, -0.15) is 0 Å². The van der Waals surface area contributed by atoms with E-state index in [-0.39, 0.29) is 5.91 Å². The number of carbonyl (C=O) groups is 1. The van der Waals surface area contributed by atoms with Gasteiger partial charge in [0.2, 0.25) is 5.91 Å². The van der Waals surface area contributed by atoms with Gasteiger partial charge in [-0.05, 0) is 24.7 Å². The lowest BCUT2D eigenvalue weighted by Gasteiger charge is -2.07. The van der Waals surface area contributed by atoms with Crippen LogP contribution in [-0.2, 0) is 24.8 Å². The number of benzene rings is 1. The number of hydrogen-bond acceptors (Lipinski definition) is 3. The number of rotatable bonds is 3. The van der Waals surface area contributed by atoms with Gasteiger partial charge in [0.1, 0.15) is 5.82 Å². The van der Waals surface area contributed by atoms with Crippen molar-refractivity contribution in [3.63, 3.8) is 0 Å². The van der Waals surface area contributed by atoms with E-state index in [0.717, 1.165) is 34.9 Å². The summed E-state index contributed by atoms with van der Waals surface area (Å²) in [7, 11) is 3.91. The molecule has 1 aliphatic rings. The summed E-state index contributed by atoms with van der Waals surface area (Å²) in [5, 5.41) is 5.94. The first-order valence-corrected chi connectivity index (χ1v) is 6.27. The van der Waals surface area contributed by atoms with Crippen molar-refractivity contribution < 1.29 is 4.79 Å². The molecule has 1 aromatic heterocycles. The molecule has 0 spiro atoms. The Labute approximate surface area is 111 Å². The summed E-state index contributed by atoms with van der Waals surface area (Å²) in [6, 6.07) is 6.04. The normalized spacial score (nSPS) is 13.5. The molecule has 2 heterocycles. The van der Waals surface area contributed by atoms with E-state index in [1.807, 2.05) is 32.4 Å². The zero-order valence-corrected chi connectivity index (χ0v) is 11.0. The minimum absolute atomic E-state index is 0.0630. The highest BCUT2D eigenvalue weighted by molar-refractivity contribution is 5.99. The van der Waals surface area contributed by atoms with Gasteiger partial charge < -0.3 is 15.2 Å². The molecule has 3 rings (SSSR count). The van der Waals surface area contributed by atoms with Crippen molar-refractivity contribution >= 4 is 11.6 Å². The topological polar surface area (TPSA) is 59.0 Å². The van der Waals surface area contributed by atoms with E-state index in [1.165, 1.54) is 0 Å². The number of nitrogens with one attached hydrogen (secondary N) is 2. The fourth-order valence-corrected chi connectivity index (χ4v) is 2.43. The lowest BCUT2D eigenvalue weighted by molar-refractivity contribution is -0.115. The van der Waals surface area contributed by atoms with Crippen molar-refractivity contribution in [1.82, 2.24) is 14.9 Å². The van der Waals surface area contributed by atoms with Crippen molar-refractivity contribution in [2.24, 2.45) is 7.05 Å². The van der Waals surface area contributed by atoms with E-state index in [9.17, 15) is 4.79 Å². The summed E-state index contributed by atoms with van der Waals surface area (Å²) in [5.74, 6) is 1.06. The molecule has 0 radical (unpaired) electrons. The van der Waals surface area contributed by atoms with Crippen LogP contribution in [0.15, 0.2) is 24.4 Å². The van der Waals surface area contributed by atoms with Crippen molar-refractivity contribution in [2.75, 3.05) is 12.4 Å². The zero-order valence-electron chi connectivity index (χ0n) is 11.0. The first-order valence-electron chi connectivity index (χ1n) is 6.27. The summed E-state index contributed by atoms with van der Waals surface area (Å²) < 4.78 is 2.07. The third-order valence-corrected chi connectivity index (χ3v) is 3.45. The molecule has 0 fully saturated rings. The summed E-state index contributed by atoms with van der Waals surface area (Å²) in [6.45, 7) is 0.738. The summed E-state index contributed by atoms with van der Waals surface area (Å²) in [6.07, 6.45) is 2.34. The van der Waals surface area contributed by atoms with Gasteiger partial charge in [-0.3, -0.25) is 4.79 Å². The van der Waals surface area contributed by atoms with Crippen LogP contribution in [0, 0.1) is 0 Å². The molecule has 1 amide bonds. The Morgan fingerprint density at radius 1 is 1.47 bits per heavy atom. The Morgan fingerprint density at radius 2 is 2.32 bits per heavy atom. The van der Waals surface area contributed by atoms with E-state index in [0.29, 0.717) is 6.42 Å². The highest BCUT2D eigenvalue weighted by atomic mass is 16.1. The molecule has 0 aliphatic carbocycles. The monoisotopic (exact) mass is 256 g/mol. The largest absolute Gasteiger partial charge is 0.330 e. The van der Waals surface area contributed by atoms with E-state index >= 15 is 0 Å². The van der Waals surface area contributed by atoms with E-state index < -0.39 is 0 Å². The number of anilines is 1. The van der Waals surface area contributed by atoms with Crippen molar-refractivity contribution in [1.29, 1.82) is 0 Å². The number of hydrogen-bond donors (Lipinski definition) is 2. The number of carbonyl (C=O) groups excluding carboxylic acids is 1. The lowest BCUT2D eigenvalue weighted by atomic mass is 10.1. The quantitative estimate of drug-likeness (QED) is 0.870. The van der Waals surface area contributed by atoms with Gasteiger partial charge in [-0.15, -0.1) is 0 Å². The maximum absolute atomic E-state index is 11.4. The second-order valence-corrected chi connectivity index (χ2v) is 4.75. The maximum Gasteiger partial charge on any atom is 0.228 e. The summed E-state index contributed by atoms with van der Waals surface area (Å²) in [4.78, 5) is 15.8. The molecule has 0 unspecified atom stereocenters. The van der Waals surface area contributed by atoms with Crippen LogP contribution in [0.25, 0.3) is 11.3 Å². The minimum Gasteiger partial charge on any atom is -0.330 e. The predicted octanol–water partition coefficient (Wildman–Crippen LogP) is 1.30. The van der Waals surface area contributed by atoms with E-state index in [1.54, 1.807) is 0 Å². The molecule has 0 saturated carbocycles. The predicted molar refractivity (Wildman–Crippen MR) is 73.7 cm³/mol. The summed E-state index contributed by atoms with van der Waals surface area (Å²) in [5.41, 5.74) is 4.13. The van der Waals surface area contributed by atoms with Gasteiger partial charge in [0, 0.05) is 18.3 Å².